The van der Waals surface area contributed by atoms with Crippen LogP contribution >= 0.6 is 0 Å². The van der Waals surface area contributed by atoms with Crippen LogP contribution in [0.15, 0.2) is 35.0 Å². The number of fused-ring (bicyclic) bond motifs is 2. The molecule has 16 heavy (non-hydrogen) atoms. The van der Waals surface area contributed by atoms with Crippen LogP contribution in [0.25, 0.3) is 5.57 Å². The molecule has 1 aliphatic carbocycles. The molecule has 0 radical (unpaired) electrons. The number of allylic oxidation sites excluding steroid dienone is 2. The number of methoxy groups -OCH3 is 1. The maximum atomic E-state index is 5.28. The van der Waals surface area contributed by atoms with Crippen molar-refractivity contribution in [3.8, 4) is 5.75 Å². The summed E-state index contributed by atoms with van der Waals surface area (Å²) in [6.45, 7) is 0. The summed E-state index contributed by atoms with van der Waals surface area (Å²) in [5, 5.41) is 2.37. The van der Waals surface area contributed by atoms with Gasteiger partial charge in [-0.2, -0.15) is 0 Å². The summed E-state index contributed by atoms with van der Waals surface area (Å²) in [5.41, 5.74) is 2.60. The van der Waals surface area contributed by atoms with Gasteiger partial charge in [-0.15, -0.1) is 0 Å². The van der Waals surface area contributed by atoms with E-state index in [2.05, 4.69) is 23.2 Å². The Bertz CT molecular complexity index is 569. The summed E-state index contributed by atoms with van der Waals surface area (Å²) >= 11 is 0. The summed E-state index contributed by atoms with van der Waals surface area (Å²) in [7, 11) is 1.71. The zero-order valence-electron chi connectivity index (χ0n) is 9.49. The fraction of sp³-hybridized carbons (Fsp3) is 0.357. The summed E-state index contributed by atoms with van der Waals surface area (Å²) in [6, 6.07) is 6.14. The molecular weight excluding hydrogens is 198 g/mol. The standard InChI is InChI=1S/C14H15NO/c1-16-10-7-8-14-12(9-10)11-5-3-2-4-6-13(11)15-14/h6-9H,2-5H2,1H3. The number of hydrogen-bond donors (Lipinski definition) is 0. The molecule has 3 rings (SSSR count). The topological polar surface area (TPSA) is 21.6 Å². The highest BCUT2D eigenvalue weighted by atomic mass is 16.5. The molecule has 1 aromatic carbocycles. The minimum Gasteiger partial charge on any atom is -0.497 e. The Morgan fingerprint density at radius 1 is 1.25 bits per heavy atom. The second-order valence-corrected chi connectivity index (χ2v) is 4.31. The Balaban J connectivity index is 2.26. The molecule has 2 nitrogen and oxygen atoms in total. The van der Waals surface area contributed by atoms with Gasteiger partial charge in [0, 0.05) is 5.22 Å². The van der Waals surface area contributed by atoms with Crippen LogP contribution in [0.4, 0.5) is 0 Å². The second-order valence-electron chi connectivity index (χ2n) is 4.31. The molecule has 82 valence electrons. The number of hydrogen-bond acceptors (Lipinski definition) is 2. The van der Waals surface area contributed by atoms with E-state index in [4.69, 9.17) is 4.74 Å². The van der Waals surface area contributed by atoms with Gasteiger partial charge in [0.2, 0.25) is 0 Å². The molecule has 1 heterocycles. The van der Waals surface area contributed by atoms with Gasteiger partial charge in [0.05, 0.1) is 18.2 Å². The molecule has 0 amide bonds. The minimum absolute atomic E-state index is 0.923. The third kappa shape index (κ3) is 1.45. The van der Waals surface area contributed by atoms with E-state index in [-0.39, 0.29) is 0 Å². The first-order valence-electron chi connectivity index (χ1n) is 5.85. The number of ether oxygens (including phenoxy) is 1. The predicted molar refractivity (Wildman–Crippen MR) is 63.7 cm³/mol. The van der Waals surface area contributed by atoms with Crippen molar-refractivity contribution >= 4 is 5.57 Å². The molecule has 0 N–H and O–H groups in total. The average Bonchev–Trinajstić information content (AvgIpc) is 2.50. The van der Waals surface area contributed by atoms with Crippen molar-refractivity contribution in [2.24, 2.45) is 4.99 Å². The Morgan fingerprint density at radius 2 is 2.19 bits per heavy atom. The number of nitrogens with zero attached hydrogens (tertiary/aromatic N) is 1. The number of rotatable bonds is 1. The van der Waals surface area contributed by atoms with Crippen LogP contribution in [0.5, 0.6) is 5.75 Å². The first kappa shape index (κ1) is 9.64. The van der Waals surface area contributed by atoms with Crippen LogP contribution in [0.2, 0.25) is 0 Å². The molecule has 1 aliphatic heterocycles. The van der Waals surface area contributed by atoms with Crippen LogP contribution in [-0.2, 0) is 0 Å². The van der Waals surface area contributed by atoms with Crippen molar-refractivity contribution in [2.45, 2.75) is 25.7 Å². The maximum Gasteiger partial charge on any atom is 0.119 e. The van der Waals surface area contributed by atoms with E-state index >= 15 is 0 Å². The lowest BCUT2D eigenvalue weighted by Crippen LogP contribution is -2.22. The van der Waals surface area contributed by atoms with E-state index in [9.17, 15) is 0 Å². The van der Waals surface area contributed by atoms with Crippen molar-refractivity contribution in [1.82, 2.24) is 0 Å². The molecule has 2 aliphatic rings. The zero-order valence-corrected chi connectivity index (χ0v) is 9.49. The molecule has 0 bridgehead atoms. The molecule has 0 atom stereocenters. The monoisotopic (exact) mass is 213 g/mol. The van der Waals surface area contributed by atoms with Gasteiger partial charge in [0.15, 0.2) is 0 Å². The van der Waals surface area contributed by atoms with Crippen LogP contribution in [0.3, 0.4) is 0 Å². The fourth-order valence-electron chi connectivity index (χ4n) is 2.43. The van der Waals surface area contributed by atoms with Crippen LogP contribution in [0.1, 0.15) is 25.7 Å². The van der Waals surface area contributed by atoms with Gasteiger partial charge in [-0.1, -0.05) is 6.08 Å². The summed E-state index contributed by atoms with van der Waals surface area (Å²) in [4.78, 5) is 4.68. The van der Waals surface area contributed by atoms with Crippen molar-refractivity contribution in [3.05, 3.63) is 40.5 Å². The Morgan fingerprint density at radius 3 is 3.06 bits per heavy atom. The van der Waals surface area contributed by atoms with E-state index in [0.717, 1.165) is 23.9 Å². The van der Waals surface area contributed by atoms with Crippen LogP contribution < -0.4 is 15.3 Å². The maximum absolute atomic E-state index is 5.28. The SMILES string of the molecule is COc1ccc2c(c1)=C1CCCCC=C1N=2. The highest BCUT2D eigenvalue weighted by Gasteiger charge is 2.14. The zero-order chi connectivity index (χ0) is 11.0. The first-order valence-corrected chi connectivity index (χ1v) is 5.85. The van der Waals surface area contributed by atoms with Gasteiger partial charge in [-0.05, 0) is 49.5 Å². The third-order valence-electron chi connectivity index (χ3n) is 3.30. The summed E-state index contributed by atoms with van der Waals surface area (Å²) in [6.07, 6.45) is 7.13. The fourth-order valence-corrected chi connectivity index (χ4v) is 2.43. The molecule has 0 fully saturated rings. The minimum atomic E-state index is 0.923. The number of benzene rings is 1. The Labute approximate surface area is 95.0 Å². The van der Waals surface area contributed by atoms with E-state index in [1.54, 1.807) is 7.11 Å². The normalized spacial score (nSPS) is 18.1. The van der Waals surface area contributed by atoms with Crippen LogP contribution in [-0.4, -0.2) is 7.11 Å². The van der Waals surface area contributed by atoms with E-state index in [0.29, 0.717) is 0 Å². The molecule has 0 unspecified atom stereocenters. The molecule has 0 aromatic heterocycles. The summed E-state index contributed by atoms with van der Waals surface area (Å²) in [5.74, 6) is 0.923. The highest BCUT2D eigenvalue weighted by molar-refractivity contribution is 5.66. The van der Waals surface area contributed by atoms with Gasteiger partial charge < -0.3 is 4.74 Å². The Kier molecular flexibility index (Phi) is 2.28. The lowest BCUT2D eigenvalue weighted by Gasteiger charge is -2.00. The van der Waals surface area contributed by atoms with Crippen LogP contribution in [0, 0.1) is 0 Å². The molecule has 0 saturated heterocycles. The van der Waals surface area contributed by atoms with E-state index in [1.807, 2.05) is 6.07 Å². The molecule has 1 aromatic rings. The van der Waals surface area contributed by atoms with Crippen molar-refractivity contribution in [3.63, 3.8) is 0 Å². The lowest BCUT2D eigenvalue weighted by molar-refractivity contribution is 0.414. The van der Waals surface area contributed by atoms with E-state index < -0.39 is 0 Å². The van der Waals surface area contributed by atoms with Gasteiger partial charge in [-0.3, -0.25) is 0 Å². The van der Waals surface area contributed by atoms with Gasteiger partial charge in [-0.25, -0.2) is 4.99 Å². The quantitative estimate of drug-likeness (QED) is 0.698. The predicted octanol–water partition coefficient (Wildman–Crippen LogP) is 1.94. The van der Waals surface area contributed by atoms with Gasteiger partial charge >= 0.3 is 0 Å². The Hall–Kier alpha value is -1.57. The average molecular weight is 213 g/mol. The molecule has 0 saturated carbocycles. The largest absolute Gasteiger partial charge is 0.497 e. The van der Waals surface area contributed by atoms with Crippen molar-refractivity contribution in [1.29, 1.82) is 0 Å². The molecular formula is C14H15NO. The lowest BCUT2D eigenvalue weighted by atomic mass is 10.1. The van der Waals surface area contributed by atoms with Gasteiger partial charge in [0.25, 0.3) is 0 Å². The molecule has 0 spiro atoms. The second kappa shape index (κ2) is 3.78. The first-order chi connectivity index (χ1) is 7.88. The van der Waals surface area contributed by atoms with Crippen molar-refractivity contribution < 1.29 is 4.74 Å². The smallest absolute Gasteiger partial charge is 0.119 e. The third-order valence-corrected chi connectivity index (χ3v) is 3.30. The van der Waals surface area contributed by atoms with E-state index in [1.165, 1.54) is 29.3 Å². The molecule has 2 heteroatoms. The highest BCUT2D eigenvalue weighted by Crippen LogP contribution is 2.25. The van der Waals surface area contributed by atoms with Gasteiger partial charge in [0.1, 0.15) is 5.75 Å². The van der Waals surface area contributed by atoms with Crippen molar-refractivity contribution in [2.75, 3.05) is 7.11 Å². The summed E-state index contributed by atoms with van der Waals surface area (Å²) < 4.78 is 5.28.